The molecule has 0 amide bonds. The summed E-state index contributed by atoms with van der Waals surface area (Å²) in [5.74, 6) is 1.05. The van der Waals surface area contributed by atoms with Crippen molar-refractivity contribution in [3.63, 3.8) is 0 Å². The summed E-state index contributed by atoms with van der Waals surface area (Å²) < 4.78 is 5.54. The van der Waals surface area contributed by atoms with Gasteiger partial charge in [0.15, 0.2) is 0 Å². The summed E-state index contributed by atoms with van der Waals surface area (Å²) in [5.41, 5.74) is 2.50. The zero-order chi connectivity index (χ0) is 13.2. The zero-order valence-electron chi connectivity index (χ0n) is 11.7. The van der Waals surface area contributed by atoms with Crippen molar-refractivity contribution in [2.24, 2.45) is 11.8 Å². The van der Waals surface area contributed by atoms with Crippen LogP contribution < -0.4 is 0 Å². The lowest BCUT2D eigenvalue weighted by Gasteiger charge is -2.39. The normalized spacial score (nSPS) is 34.8. The van der Waals surface area contributed by atoms with Gasteiger partial charge in [-0.05, 0) is 55.1 Å². The van der Waals surface area contributed by atoms with E-state index in [1.165, 1.54) is 30.4 Å². The number of methoxy groups -OCH3 is 1. The molecular weight excluding hydrogens is 236 g/mol. The average Bonchev–Trinajstić information content (AvgIpc) is 2.48. The molecule has 3 rings (SSSR count). The lowest BCUT2D eigenvalue weighted by atomic mass is 9.69. The first-order valence-electron chi connectivity index (χ1n) is 7.58. The third kappa shape index (κ3) is 2.56. The molecule has 0 aliphatic heterocycles. The summed E-state index contributed by atoms with van der Waals surface area (Å²) in [4.78, 5) is 0. The Morgan fingerprint density at radius 1 is 1.16 bits per heavy atom. The highest BCUT2D eigenvalue weighted by Gasteiger charge is 2.36. The smallest absolute Gasteiger partial charge is 0.0823 e. The van der Waals surface area contributed by atoms with Gasteiger partial charge in [-0.3, -0.25) is 0 Å². The molecule has 4 unspecified atom stereocenters. The van der Waals surface area contributed by atoms with E-state index in [2.05, 4.69) is 18.2 Å². The van der Waals surface area contributed by atoms with Gasteiger partial charge in [-0.2, -0.15) is 0 Å². The highest BCUT2D eigenvalue weighted by Crippen LogP contribution is 2.43. The summed E-state index contributed by atoms with van der Waals surface area (Å²) in [5, 5.41) is 10.7. The molecule has 0 aromatic heterocycles. The van der Waals surface area contributed by atoms with Crippen LogP contribution in [-0.4, -0.2) is 18.3 Å². The van der Waals surface area contributed by atoms with Crippen LogP contribution in [0.4, 0.5) is 0 Å². The lowest BCUT2D eigenvalue weighted by Crippen LogP contribution is -2.32. The number of aliphatic hydroxyl groups is 1. The Kier molecular flexibility index (Phi) is 3.90. The van der Waals surface area contributed by atoms with Crippen LogP contribution >= 0.6 is 0 Å². The number of hydrogen-bond acceptors (Lipinski definition) is 2. The summed E-state index contributed by atoms with van der Waals surface area (Å²) in [6, 6.07) is 8.38. The second-order valence-corrected chi connectivity index (χ2v) is 6.13. The largest absolute Gasteiger partial charge is 0.388 e. The van der Waals surface area contributed by atoms with E-state index >= 15 is 0 Å². The zero-order valence-corrected chi connectivity index (χ0v) is 11.7. The van der Waals surface area contributed by atoms with Gasteiger partial charge in [-0.25, -0.2) is 0 Å². The molecule has 104 valence electrons. The number of rotatable bonds is 2. The minimum Gasteiger partial charge on any atom is -0.388 e. The first-order valence-corrected chi connectivity index (χ1v) is 7.58. The van der Waals surface area contributed by atoms with Gasteiger partial charge in [0.05, 0.1) is 12.2 Å². The standard InChI is InChI=1S/C17H24O2/c1-19-14-7-4-6-13(11-14)16-10-9-12-5-2-3-8-15(12)17(16)18/h2-3,5,8,13-14,16-18H,4,6-7,9-11H2,1H3. The minimum atomic E-state index is -0.273. The molecule has 0 heterocycles. The van der Waals surface area contributed by atoms with Gasteiger partial charge in [-0.1, -0.05) is 30.7 Å². The van der Waals surface area contributed by atoms with Crippen LogP contribution in [0.3, 0.4) is 0 Å². The maximum atomic E-state index is 10.7. The number of benzene rings is 1. The van der Waals surface area contributed by atoms with Crippen LogP contribution in [0.5, 0.6) is 0 Å². The van der Waals surface area contributed by atoms with Crippen molar-refractivity contribution in [1.82, 2.24) is 0 Å². The Morgan fingerprint density at radius 2 is 2.00 bits per heavy atom. The van der Waals surface area contributed by atoms with Crippen molar-refractivity contribution in [2.75, 3.05) is 7.11 Å². The molecule has 19 heavy (non-hydrogen) atoms. The average molecular weight is 260 g/mol. The molecule has 0 spiro atoms. The predicted molar refractivity (Wildman–Crippen MR) is 76.0 cm³/mol. The Hall–Kier alpha value is -0.860. The van der Waals surface area contributed by atoms with Gasteiger partial charge in [0.1, 0.15) is 0 Å². The summed E-state index contributed by atoms with van der Waals surface area (Å²) in [6.07, 6.45) is 7.18. The van der Waals surface area contributed by atoms with Gasteiger partial charge in [0.2, 0.25) is 0 Å². The van der Waals surface area contributed by atoms with E-state index in [1.807, 2.05) is 13.2 Å². The van der Waals surface area contributed by atoms with Crippen molar-refractivity contribution in [3.05, 3.63) is 35.4 Å². The van der Waals surface area contributed by atoms with Crippen molar-refractivity contribution in [3.8, 4) is 0 Å². The van der Waals surface area contributed by atoms with Crippen LogP contribution in [0.15, 0.2) is 24.3 Å². The molecule has 1 aromatic rings. The molecule has 0 bridgehead atoms. The van der Waals surface area contributed by atoms with E-state index in [-0.39, 0.29) is 6.10 Å². The van der Waals surface area contributed by atoms with Crippen LogP contribution in [0.1, 0.15) is 49.3 Å². The first kappa shape index (κ1) is 13.1. The molecule has 1 aromatic carbocycles. The molecule has 0 radical (unpaired) electrons. The van der Waals surface area contributed by atoms with Gasteiger partial charge in [0, 0.05) is 7.11 Å². The number of ether oxygens (including phenoxy) is 1. The van der Waals surface area contributed by atoms with Gasteiger partial charge >= 0.3 is 0 Å². The highest BCUT2D eigenvalue weighted by molar-refractivity contribution is 5.32. The summed E-state index contributed by atoms with van der Waals surface area (Å²) in [6.45, 7) is 0. The van der Waals surface area contributed by atoms with Crippen molar-refractivity contribution in [1.29, 1.82) is 0 Å². The molecule has 2 aliphatic rings. The van der Waals surface area contributed by atoms with Crippen LogP contribution in [0.2, 0.25) is 0 Å². The molecule has 1 fully saturated rings. The number of hydrogen-bond donors (Lipinski definition) is 1. The Balaban J connectivity index is 1.76. The maximum Gasteiger partial charge on any atom is 0.0823 e. The third-order valence-corrected chi connectivity index (χ3v) is 5.13. The van der Waals surface area contributed by atoms with Gasteiger partial charge < -0.3 is 9.84 Å². The van der Waals surface area contributed by atoms with Gasteiger partial charge in [0.25, 0.3) is 0 Å². The molecular formula is C17H24O2. The predicted octanol–water partition coefficient (Wildman–Crippen LogP) is 3.49. The van der Waals surface area contributed by atoms with Crippen LogP contribution in [0, 0.1) is 11.8 Å². The summed E-state index contributed by atoms with van der Waals surface area (Å²) >= 11 is 0. The molecule has 1 saturated carbocycles. The molecule has 2 nitrogen and oxygen atoms in total. The lowest BCUT2D eigenvalue weighted by molar-refractivity contribution is -0.00381. The van der Waals surface area contributed by atoms with E-state index in [0.717, 1.165) is 19.3 Å². The fourth-order valence-electron chi connectivity index (χ4n) is 4.04. The number of aliphatic hydroxyl groups excluding tert-OH is 1. The van der Waals surface area contributed by atoms with Crippen LogP contribution in [-0.2, 0) is 11.2 Å². The van der Waals surface area contributed by atoms with Crippen molar-refractivity contribution in [2.45, 2.75) is 50.7 Å². The Morgan fingerprint density at radius 3 is 2.84 bits per heavy atom. The summed E-state index contributed by atoms with van der Waals surface area (Å²) in [7, 11) is 1.82. The fraction of sp³-hybridized carbons (Fsp3) is 0.647. The van der Waals surface area contributed by atoms with E-state index < -0.39 is 0 Å². The van der Waals surface area contributed by atoms with E-state index in [4.69, 9.17) is 4.74 Å². The SMILES string of the molecule is COC1CCCC(C2CCc3ccccc3C2O)C1. The van der Waals surface area contributed by atoms with Crippen molar-refractivity contribution < 1.29 is 9.84 Å². The molecule has 4 atom stereocenters. The second-order valence-electron chi connectivity index (χ2n) is 6.13. The van der Waals surface area contributed by atoms with E-state index in [1.54, 1.807) is 0 Å². The van der Waals surface area contributed by atoms with Gasteiger partial charge in [-0.15, -0.1) is 0 Å². The third-order valence-electron chi connectivity index (χ3n) is 5.13. The fourth-order valence-corrected chi connectivity index (χ4v) is 4.04. The quantitative estimate of drug-likeness (QED) is 0.882. The molecule has 2 aliphatic carbocycles. The number of fused-ring (bicyclic) bond motifs is 1. The van der Waals surface area contributed by atoms with Crippen LogP contribution in [0.25, 0.3) is 0 Å². The minimum absolute atomic E-state index is 0.273. The first-order chi connectivity index (χ1) is 9.29. The highest BCUT2D eigenvalue weighted by atomic mass is 16.5. The monoisotopic (exact) mass is 260 g/mol. The molecule has 2 heteroatoms. The van der Waals surface area contributed by atoms with Crippen molar-refractivity contribution >= 4 is 0 Å². The topological polar surface area (TPSA) is 29.5 Å². The second kappa shape index (κ2) is 5.64. The van der Waals surface area contributed by atoms with E-state index in [0.29, 0.717) is 17.9 Å². The molecule has 1 N–H and O–H groups in total. The maximum absolute atomic E-state index is 10.7. The Labute approximate surface area is 115 Å². The Bertz CT molecular complexity index is 429. The van der Waals surface area contributed by atoms with E-state index in [9.17, 15) is 5.11 Å². The number of aryl methyl sites for hydroxylation is 1. The molecule has 0 saturated heterocycles.